The Morgan fingerprint density at radius 3 is 3.12 bits per heavy atom. The summed E-state index contributed by atoms with van der Waals surface area (Å²) in [6.45, 7) is 0.921. The second kappa shape index (κ2) is 6.31. The van der Waals surface area contributed by atoms with Crippen LogP contribution in [0.2, 0.25) is 5.02 Å². The Labute approximate surface area is 111 Å². The number of nitrogens with one attached hydrogen (secondary N) is 2. The van der Waals surface area contributed by atoms with Crippen LogP contribution >= 0.6 is 23.4 Å². The standard InChI is InChI=1S/C11H17ClN4S/c1-13-11-15-7-9(12)10(16-11)14-6-8-4-2-3-5-17-8/h7-8H,2-6H2,1H3,(H2,13,14,15,16). The van der Waals surface area contributed by atoms with Crippen molar-refractivity contribution in [1.29, 1.82) is 0 Å². The molecule has 1 aliphatic heterocycles. The van der Waals surface area contributed by atoms with E-state index in [1.807, 2.05) is 11.8 Å². The number of thioether (sulfide) groups is 1. The average Bonchev–Trinajstić information content (AvgIpc) is 2.39. The van der Waals surface area contributed by atoms with Gasteiger partial charge in [-0.1, -0.05) is 18.0 Å². The van der Waals surface area contributed by atoms with Crippen molar-refractivity contribution in [2.45, 2.75) is 24.5 Å². The molecule has 0 spiro atoms. The molecule has 1 saturated heterocycles. The molecular weight excluding hydrogens is 256 g/mol. The van der Waals surface area contributed by atoms with Gasteiger partial charge < -0.3 is 10.6 Å². The van der Waals surface area contributed by atoms with Gasteiger partial charge in [-0.3, -0.25) is 0 Å². The molecule has 17 heavy (non-hydrogen) atoms. The van der Waals surface area contributed by atoms with Crippen molar-refractivity contribution in [2.75, 3.05) is 30.0 Å². The van der Waals surface area contributed by atoms with E-state index in [2.05, 4.69) is 20.6 Å². The van der Waals surface area contributed by atoms with E-state index >= 15 is 0 Å². The van der Waals surface area contributed by atoms with Gasteiger partial charge in [0.2, 0.25) is 5.95 Å². The van der Waals surface area contributed by atoms with E-state index in [9.17, 15) is 0 Å². The molecule has 0 aliphatic carbocycles. The lowest BCUT2D eigenvalue weighted by atomic mass is 10.2. The first-order valence-electron chi connectivity index (χ1n) is 5.85. The van der Waals surface area contributed by atoms with Crippen LogP contribution < -0.4 is 10.6 Å². The topological polar surface area (TPSA) is 49.8 Å². The van der Waals surface area contributed by atoms with Crippen LogP contribution in [0.25, 0.3) is 0 Å². The zero-order valence-corrected chi connectivity index (χ0v) is 11.4. The molecule has 2 heterocycles. The minimum Gasteiger partial charge on any atom is -0.368 e. The van der Waals surface area contributed by atoms with E-state index < -0.39 is 0 Å². The third-order valence-corrected chi connectivity index (χ3v) is 4.41. The summed E-state index contributed by atoms with van der Waals surface area (Å²) >= 11 is 8.08. The van der Waals surface area contributed by atoms with Gasteiger partial charge >= 0.3 is 0 Å². The fourth-order valence-electron chi connectivity index (χ4n) is 1.79. The highest BCUT2D eigenvalue weighted by Crippen LogP contribution is 2.26. The van der Waals surface area contributed by atoms with Crippen molar-refractivity contribution < 1.29 is 0 Å². The van der Waals surface area contributed by atoms with Crippen LogP contribution in [0.15, 0.2) is 6.20 Å². The Morgan fingerprint density at radius 1 is 1.53 bits per heavy atom. The maximum Gasteiger partial charge on any atom is 0.224 e. The summed E-state index contributed by atoms with van der Waals surface area (Å²) in [7, 11) is 1.80. The molecule has 0 radical (unpaired) electrons. The van der Waals surface area contributed by atoms with E-state index in [0.717, 1.165) is 12.4 Å². The van der Waals surface area contributed by atoms with Gasteiger partial charge in [0, 0.05) is 18.8 Å². The molecule has 0 saturated carbocycles. The molecule has 2 N–H and O–H groups in total. The van der Waals surface area contributed by atoms with E-state index in [1.54, 1.807) is 13.2 Å². The molecule has 0 amide bonds. The molecule has 1 aromatic heterocycles. The normalized spacial score (nSPS) is 20.0. The lowest BCUT2D eigenvalue weighted by molar-refractivity contribution is 0.677. The zero-order chi connectivity index (χ0) is 12.1. The maximum absolute atomic E-state index is 6.05. The third kappa shape index (κ3) is 3.64. The first kappa shape index (κ1) is 12.8. The molecule has 2 rings (SSSR count). The highest BCUT2D eigenvalue weighted by atomic mass is 35.5. The number of rotatable bonds is 4. The Morgan fingerprint density at radius 2 is 2.41 bits per heavy atom. The molecule has 1 unspecified atom stereocenters. The molecule has 1 atom stereocenters. The minimum atomic E-state index is 0.574. The van der Waals surface area contributed by atoms with Crippen molar-refractivity contribution in [3.05, 3.63) is 11.2 Å². The van der Waals surface area contributed by atoms with Crippen molar-refractivity contribution in [1.82, 2.24) is 9.97 Å². The summed E-state index contributed by atoms with van der Waals surface area (Å²) in [6, 6.07) is 0. The predicted octanol–water partition coefficient (Wildman–Crippen LogP) is 2.87. The van der Waals surface area contributed by atoms with Gasteiger partial charge in [0.25, 0.3) is 0 Å². The summed E-state index contributed by atoms with van der Waals surface area (Å²) in [5.41, 5.74) is 0. The Balaban J connectivity index is 1.92. The highest BCUT2D eigenvalue weighted by Gasteiger charge is 2.14. The lowest BCUT2D eigenvalue weighted by Crippen LogP contribution is -2.20. The van der Waals surface area contributed by atoms with Gasteiger partial charge in [-0.25, -0.2) is 4.98 Å². The van der Waals surface area contributed by atoms with E-state index in [1.165, 1.54) is 25.0 Å². The molecule has 1 aromatic rings. The SMILES string of the molecule is CNc1ncc(Cl)c(NCC2CCCCS2)n1. The number of nitrogens with zero attached hydrogens (tertiary/aromatic N) is 2. The predicted molar refractivity (Wildman–Crippen MR) is 75.2 cm³/mol. The van der Waals surface area contributed by atoms with Crippen LogP contribution in [0.4, 0.5) is 11.8 Å². The van der Waals surface area contributed by atoms with Gasteiger partial charge in [0.1, 0.15) is 5.02 Å². The molecule has 1 fully saturated rings. The van der Waals surface area contributed by atoms with Gasteiger partial charge in [-0.05, 0) is 18.6 Å². The first-order chi connectivity index (χ1) is 8.29. The van der Waals surface area contributed by atoms with Gasteiger partial charge in [0.05, 0.1) is 6.20 Å². The number of aromatic nitrogens is 2. The number of hydrogen-bond acceptors (Lipinski definition) is 5. The van der Waals surface area contributed by atoms with Gasteiger partial charge in [-0.2, -0.15) is 16.7 Å². The largest absolute Gasteiger partial charge is 0.368 e. The Hall–Kier alpha value is -0.680. The fourth-order valence-corrected chi connectivity index (χ4v) is 3.19. The Bertz CT molecular complexity index is 368. The molecule has 0 aromatic carbocycles. The van der Waals surface area contributed by atoms with E-state index in [0.29, 0.717) is 16.2 Å². The summed E-state index contributed by atoms with van der Waals surface area (Å²) in [5, 5.41) is 7.47. The molecular formula is C11H17ClN4S. The van der Waals surface area contributed by atoms with Crippen LogP contribution in [0.1, 0.15) is 19.3 Å². The van der Waals surface area contributed by atoms with Gasteiger partial charge in [-0.15, -0.1) is 0 Å². The number of anilines is 2. The van der Waals surface area contributed by atoms with Crippen LogP contribution in [-0.2, 0) is 0 Å². The highest BCUT2D eigenvalue weighted by molar-refractivity contribution is 7.99. The van der Waals surface area contributed by atoms with Crippen LogP contribution in [0, 0.1) is 0 Å². The monoisotopic (exact) mass is 272 g/mol. The molecule has 4 nitrogen and oxygen atoms in total. The quantitative estimate of drug-likeness (QED) is 0.883. The smallest absolute Gasteiger partial charge is 0.224 e. The summed E-state index contributed by atoms with van der Waals surface area (Å²) in [4.78, 5) is 8.35. The molecule has 1 aliphatic rings. The summed E-state index contributed by atoms with van der Waals surface area (Å²) in [5.74, 6) is 2.58. The van der Waals surface area contributed by atoms with Crippen molar-refractivity contribution in [3.8, 4) is 0 Å². The first-order valence-corrected chi connectivity index (χ1v) is 7.28. The number of halogens is 1. The molecule has 0 bridgehead atoms. The van der Waals surface area contributed by atoms with Crippen molar-refractivity contribution in [3.63, 3.8) is 0 Å². The lowest BCUT2D eigenvalue weighted by Gasteiger charge is -2.21. The molecule has 94 valence electrons. The summed E-state index contributed by atoms with van der Waals surface area (Å²) < 4.78 is 0. The fraction of sp³-hybridized carbons (Fsp3) is 0.636. The summed E-state index contributed by atoms with van der Waals surface area (Å²) in [6.07, 6.45) is 5.58. The Kier molecular flexibility index (Phi) is 4.74. The van der Waals surface area contributed by atoms with Crippen LogP contribution in [-0.4, -0.2) is 34.6 Å². The van der Waals surface area contributed by atoms with Crippen LogP contribution in [0.5, 0.6) is 0 Å². The second-order valence-corrected chi connectivity index (χ2v) is 5.83. The average molecular weight is 273 g/mol. The van der Waals surface area contributed by atoms with Gasteiger partial charge in [0.15, 0.2) is 5.82 Å². The molecule has 6 heteroatoms. The zero-order valence-electron chi connectivity index (χ0n) is 9.87. The number of hydrogen-bond donors (Lipinski definition) is 2. The maximum atomic E-state index is 6.05. The minimum absolute atomic E-state index is 0.574. The van der Waals surface area contributed by atoms with Crippen LogP contribution in [0.3, 0.4) is 0 Å². The van der Waals surface area contributed by atoms with E-state index in [-0.39, 0.29) is 0 Å². The van der Waals surface area contributed by atoms with E-state index in [4.69, 9.17) is 11.6 Å². The van der Waals surface area contributed by atoms with Crippen molar-refractivity contribution in [2.24, 2.45) is 0 Å². The van der Waals surface area contributed by atoms with Crippen molar-refractivity contribution >= 4 is 35.1 Å². The third-order valence-electron chi connectivity index (χ3n) is 2.74. The second-order valence-electron chi connectivity index (χ2n) is 4.01.